The van der Waals surface area contributed by atoms with Gasteiger partial charge in [0.1, 0.15) is 11.4 Å². The van der Waals surface area contributed by atoms with Crippen LogP contribution < -0.4 is 10.1 Å². The number of fused-ring (bicyclic) bond motifs is 1. The molecule has 0 aliphatic rings. The smallest absolute Gasteiger partial charge is 0.253 e. The van der Waals surface area contributed by atoms with Crippen LogP contribution in [0.2, 0.25) is 0 Å². The minimum Gasteiger partial charge on any atom is -0.492 e. The SMILES string of the molecule is CCOc1cc(C(=O)N(C)C)ccc1NCc1ccnc2[nH]ccc12. The summed E-state index contributed by atoms with van der Waals surface area (Å²) in [6.07, 6.45) is 3.67. The number of anilines is 1. The van der Waals surface area contributed by atoms with Gasteiger partial charge in [-0.05, 0) is 42.8 Å². The Kier molecular flexibility index (Phi) is 4.88. The maximum Gasteiger partial charge on any atom is 0.253 e. The van der Waals surface area contributed by atoms with E-state index >= 15 is 0 Å². The van der Waals surface area contributed by atoms with Crippen molar-refractivity contribution in [3.8, 4) is 5.75 Å². The molecule has 2 aromatic heterocycles. The number of H-pyrrole nitrogens is 1. The van der Waals surface area contributed by atoms with Crippen molar-refractivity contribution in [1.29, 1.82) is 0 Å². The van der Waals surface area contributed by atoms with E-state index in [0.717, 1.165) is 22.3 Å². The van der Waals surface area contributed by atoms with Crippen LogP contribution in [0, 0.1) is 0 Å². The molecule has 6 nitrogen and oxygen atoms in total. The number of rotatable bonds is 6. The van der Waals surface area contributed by atoms with Gasteiger partial charge in [0.25, 0.3) is 5.91 Å². The first-order valence-electron chi connectivity index (χ1n) is 8.23. The van der Waals surface area contributed by atoms with Crippen LogP contribution in [-0.2, 0) is 6.54 Å². The second-order valence-electron chi connectivity index (χ2n) is 5.91. The lowest BCUT2D eigenvalue weighted by molar-refractivity contribution is 0.0827. The number of nitrogens with one attached hydrogen (secondary N) is 2. The Morgan fingerprint density at radius 3 is 2.88 bits per heavy atom. The van der Waals surface area contributed by atoms with Gasteiger partial charge in [-0.25, -0.2) is 4.98 Å². The maximum absolute atomic E-state index is 12.1. The molecule has 3 aromatic rings. The lowest BCUT2D eigenvalue weighted by Gasteiger charge is -2.16. The standard InChI is InChI=1S/C19H22N4O2/c1-4-25-17-11-13(19(24)23(2)3)5-6-16(17)22-12-14-7-9-20-18-15(14)8-10-21-18/h5-11,22H,4,12H2,1-3H3,(H,20,21). The number of benzene rings is 1. The molecule has 0 fully saturated rings. The Bertz CT molecular complexity index is 886. The highest BCUT2D eigenvalue weighted by Crippen LogP contribution is 2.27. The molecule has 25 heavy (non-hydrogen) atoms. The predicted octanol–water partition coefficient (Wildman–Crippen LogP) is 3.28. The van der Waals surface area contributed by atoms with E-state index in [2.05, 4.69) is 15.3 Å². The van der Waals surface area contributed by atoms with E-state index in [9.17, 15) is 4.79 Å². The molecule has 2 heterocycles. The number of carbonyl (C=O) groups is 1. The molecule has 1 amide bonds. The van der Waals surface area contributed by atoms with Gasteiger partial charge >= 0.3 is 0 Å². The van der Waals surface area contributed by atoms with Crippen LogP contribution in [-0.4, -0.2) is 41.5 Å². The Hall–Kier alpha value is -3.02. The molecule has 0 radical (unpaired) electrons. The Balaban J connectivity index is 1.84. The molecule has 6 heteroatoms. The number of aromatic amines is 1. The molecular formula is C19H22N4O2. The summed E-state index contributed by atoms with van der Waals surface area (Å²) in [5, 5.41) is 4.49. The number of carbonyl (C=O) groups excluding carboxylic acids is 1. The van der Waals surface area contributed by atoms with Gasteiger partial charge in [-0.1, -0.05) is 0 Å². The van der Waals surface area contributed by atoms with E-state index in [1.54, 1.807) is 31.3 Å². The van der Waals surface area contributed by atoms with Crippen molar-refractivity contribution in [2.45, 2.75) is 13.5 Å². The van der Waals surface area contributed by atoms with Crippen molar-refractivity contribution in [2.75, 3.05) is 26.0 Å². The van der Waals surface area contributed by atoms with E-state index in [4.69, 9.17) is 4.74 Å². The molecule has 2 N–H and O–H groups in total. The van der Waals surface area contributed by atoms with E-state index in [0.29, 0.717) is 24.5 Å². The minimum absolute atomic E-state index is 0.0457. The van der Waals surface area contributed by atoms with Crippen molar-refractivity contribution in [1.82, 2.24) is 14.9 Å². The van der Waals surface area contributed by atoms with Crippen LogP contribution in [0.4, 0.5) is 5.69 Å². The third kappa shape index (κ3) is 3.57. The average Bonchev–Trinajstić information content (AvgIpc) is 3.09. The summed E-state index contributed by atoms with van der Waals surface area (Å²) in [4.78, 5) is 21.1. The molecule has 3 rings (SSSR count). The summed E-state index contributed by atoms with van der Waals surface area (Å²) in [6, 6.07) is 9.49. The van der Waals surface area contributed by atoms with Crippen LogP contribution in [0.3, 0.4) is 0 Å². The lowest BCUT2D eigenvalue weighted by Crippen LogP contribution is -2.21. The molecule has 0 saturated heterocycles. The average molecular weight is 338 g/mol. The molecule has 130 valence electrons. The molecule has 0 saturated carbocycles. The van der Waals surface area contributed by atoms with Gasteiger partial charge in [0.05, 0.1) is 12.3 Å². The summed E-state index contributed by atoms with van der Waals surface area (Å²) in [6.45, 7) is 3.10. The van der Waals surface area contributed by atoms with Crippen molar-refractivity contribution in [3.05, 3.63) is 53.9 Å². The highest BCUT2D eigenvalue weighted by molar-refractivity contribution is 5.95. The summed E-state index contributed by atoms with van der Waals surface area (Å²) in [5.41, 5.74) is 3.48. The van der Waals surface area contributed by atoms with Gasteiger partial charge in [-0.3, -0.25) is 4.79 Å². The summed E-state index contributed by atoms with van der Waals surface area (Å²) >= 11 is 0. The Morgan fingerprint density at radius 2 is 2.12 bits per heavy atom. The first-order valence-corrected chi connectivity index (χ1v) is 8.23. The molecular weight excluding hydrogens is 316 g/mol. The summed E-state index contributed by atoms with van der Waals surface area (Å²) in [7, 11) is 3.47. The molecule has 0 aliphatic heterocycles. The van der Waals surface area contributed by atoms with Gasteiger partial charge in [0, 0.05) is 44.0 Å². The largest absolute Gasteiger partial charge is 0.492 e. The predicted molar refractivity (Wildman–Crippen MR) is 99.0 cm³/mol. The van der Waals surface area contributed by atoms with E-state index in [1.807, 2.05) is 37.4 Å². The van der Waals surface area contributed by atoms with Crippen molar-refractivity contribution < 1.29 is 9.53 Å². The molecule has 0 bridgehead atoms. The fourth-order valence-electron chi connectivity index (χ4n) is 2.70. The Labute approximate surface area is 146 Å². The highest BCUT2D eigenvalue weighted by Gasteiger charge is 2.12. The number of pyridine rings is 1. The monoisotopic (exact) mass is 338 g/mol. The fraction of sp³-hybridized carbons (Fsp3) is 0.263. The summed E-state index contributed by atoms with van der Waals surface area (Å²) in [5.74, 6) is 0.630. The van der Waals surface area contributed by atoms with Crippen LogP contribution in [0.5, 0.6) is 5.75 Å². The molecule has 0 unspecified atom stereocenters. The van der Waals surface area contributed by atoms with Gasteiger partial charge in [-0.15, -0.1) is 0 Å². The second-order valence-corrected chi connectivity index (χ2v) is 5.91. The van der Waals surface area contributed by atoms with E-state index < -0.39 is 0 Å². The number of ether oxygens (including phenoxy) is 1. The zero-order valence-corrected chi connectivity index (χ0v) is 14.7. The van der Waals surface area contributed by atoms with Crippen LogP contribution in [0.15, 0.2) is 42.7 Å². The number of amides is 1. The molecule has 0 atom stereocenters. The zero-order chi connectivity index (χ0) is 17.8. The lowest BCUT2D eigenvalue weighted by atomic mass is 10.1. The molecule has 1 aromatic carbocycles. The highest BCUT2D eigenvalue weighted by atomic mass is 16.5. The Morgan fingerprint density at radius 1 is 1.28 bits per heavy atom. The number of hydrogen-bond donors (Lipinski definition) is 2. The third-order valence-corrected chi connectivity index (χ3v) is 3.95. The number of aromatic nitrogens is 2. The van der Waals surface area contributed by atoms with E-state index in [-0.39, 0.29) is 5.91 Å². The molecule has 0 spiro atoms. The first kappa shape index (κ1) is 16.8. The van der Waals surface area contributed by atoms with Crippen LogP contribution in [0.25, 0.3) is 11.0 Å². The number of hydrogen-bond acceptors (Lipinski definition) is 4. The van der Waals surface area contributed by atoms with Crippen molar-refractivity contribution in [3.63, 3.8) is 0 Å². The topological polar surface area (TPSA) is 70.2 Å². The summed E-state index contributed by atoms with van der Waals surface area (Å²) < 4.78 is 5.72. The quantitative estimate of drug-likeness (QED) is 0.724. The fourth-order valence-corrected chi connectivity index (χ4v) is 2.70. The maximum atomic E-state index is 12.1. The van der Waals surface area contributed by atoms with Gasteiger partial charge < -0.3 is 19.9 Å². The normalized spacial score (nSPS) is 10.7. The third-order valence-electron chi connectivity index (χ3n) is 3.95. The zero-order valence-electron chi connectivity index (χ0n) is 14.7. The van der Waals surface area contributed by atoms with Crippen LogP contribution in [0.1, 0.15) is 22.8 Å². The number of nitrogens with zero attached hydrogens (tertiary/aromatic N) is 2. The first-order chi connectivity index (χ1) is 12.1. The second kappa shape index (κ2) is 7.25. The van der Waals surface area contributed by atoms with Gasteiger partial charge in [-0.2, -0.15) is 0 Å². The minimum atomic E-state index is -0.0457. The van der Waals surface area contributed by atoms with Crippen LogP contribution >= 0.6 is 0 Å². The van der Waals surface area contributed by atoms with Crippen molar-refractivity contribution in [2.24, 2.45) is 0 Å². The van der Waals surface area contributed by atoms with Gasteiger partial charge in [0.15, 0.2) is 0 Å². The van der Waals surface area contributed by atoms with Crippen molar-refractivity contribution >= 4 is 22.6 Å². The molecule has 0 aliphatic carbocycles. The van der Waals surface area contributed by atoms with E-state index in [1.165, 1.54) is 0 Å². The van der Waals surface area contributed by atoms with Gasteiger partial charge in [0.2, 0.25) is 0 Å².